The number of pyridine rings is 1. The fourth-order valence-corrected chi connectivity index (χ4v) is 5.00. The third-order valence-electron chi connectivity index (χ3n) is 5.34. The minimum atomic E-state index is -0.369. The zero-order valence-corrected chi connectivity index (χ0v) is 18.9. The van der Waals surface area contributed by atoms with E-state index in [4.69, 9.17) is 28.3 Å². The Morgan fingerprint density at radius 2 is 1.94 bits per heavy atom. The molecule has 1 atom stereocenters. The Balaban J connectivity index is 1.62. The molecule has 154 valence electrons. The number of thiophene rings is 1. The van der Waals surface area contributed by atoms with Gasteiger partial charge in [-0.1, -0.05) is 53.5 Å². The number of hydrogen-bond acceptors (Lipinski definition) is 4. The van der Waals surface area contributed by atoms with Crippen molar-refractivity contribution in [3.8, 4) is 0 Å². The number of benzene rings is 2. The van der Waals surface area contributed by atoms with Gasteiger partial charge >= 0.3 is 0 Å². The lowest BCUT2D eigenvalue weighted by atomic mass is 10.00. The van der Waals surface area contributed by atoms with E-state index in [1.807, 2.05) is 48.7 Å². The minimum absolute atomic E-state index is 0.262. The molecule has 0 spiro atoms. The molecule has 0 fully saturated rings. The quantitative estimate of drug-likeness (QED) is 0.308. The van der Waals surface area contributed by atoms with Gasteiger partial charge in [-0.25, -0.2) is 9.99 Å². The van der Waals surface area contributed by atoms with Crippen LogP contribution in [0.5, 0.6) is 0 Å². The molecule has 0 saturated heterocycles. The highest BCUT2D eigenvalue weighted by atomic mass is 35.5. The van der Waals surface area contributed by atoms with Crippen molar-refractivity contribution < 1.29 is 4.79 Å². The number of hydrogen-bond donors (Lipinski definition) is 0. The van der Waals surface area contributed by atoms with Gasteiger partial charge in [-0.2, -0.15) is 5.10 Å². The third-order valence-corrected chi connectivity index (χ3v) is 6.89. The summed E-state index contributed by atoms with van der Waals surface area (Å²) >= 11 is 14.5. The fourth-order valence-electron chi connectivity index (χ4n) is 3.79. The Kier molecular flexibility index (Phi) is 5.26. The molecule has 1 amide bonds. The molecule has 2 aromatic carbocycles. The predicted molar refractivity (Wildman–Crippen MR) is 127 cm³/mol. The number of carbonyl (C=O) groups is 1. The first-order valence-electron chi connectivity index (χ1n) is 9.77. The minimum Gasteiger partial charge on any atom is -0.267 e. The lowest BCUT2D eigenvalue weighted by Crippen LogP contribution is -2.27. The highest BCUT2D eigenvalue weighted by Crippen LogP contribution is 2.39. The molecule has 4 nitrogen and oxygen atoms in total. The molecular weight excluding hydrogens is 449 g/mol. The Labute approximate surface area is 193 Å². The number of aromatic nitrogens is 1. The molecule has 0 radical (unpaired) electrons. The second kappa shape index (κ2) is 8.08. The first-order chi connectivity index (χ1) is 15.0. The van der Waals surface area contributed by atoms with Crippen molar-refractivity contribution in [3.63, 3.8) is 0 Å². The molecule has 0 N–H and O–H groups in total. The van der Waals surface area contributed by atoms with Crippen molar-refractivity contribution >= 4 is 57.1 Å². The van der Waals surface area contributed by atoms with Crippen LogP contribution in [-0.4, -0.2) is 21.6 Å². The van der Waals surface area contributed by atoms with Gasteiger partial charge in [-0.05, 0) is 48.2 Å². The van der Waals surface area contributed by atoms with Crippen LogP contribution in [0.25, 0.3) is 10.9 Å². The van der Waals surface area contributed by atoms with E-state index in [-0.39, 0.29) is 11.9 Å². The van der Waals surface area contributed by atoms with Gasteiger partial charge in [0.05, 0.1) is 32.7 Å². The second-order valence-corrected chi connectivity index (χ2v) is 9.15. The van der Waals surface area contributed by atoms with E-state index < -0.39 is 0 Å². The molecule has 2 aromatic heterocycles. The Morgan fingerprint density at radius 3 is 2.71 bits per heavy atom. The van der Waals surface area contributed by atoms with Crippen molar-refractivity contribution in [1.29, 1.82) is 0 Å². The van der Waals surface area contributed by atoms with Crippen molar-refractivity contribution in [3.05, 3.63) is 97.8 Å². The summed E-state index contributed by atoms with van der Waals surface area (Å²) in [5.41, 5.74) is 3.97. The summed E-state index contributed by atoms with van der Waals surface area (Å²) in [6, 6.07) is 18.7. The van der Waals surface area contributed by atoms with E-state index >= 15 is 0 Å². The highest BCUT2D eigenvalue weighted by Gasteiger charge is 2.36. The van der Waals surface area contributed by atoms with Crippen LogP contribution >= 0.6 is 34.5 Å². The zero-order valence-electron chi connectivity index (χ0n) is 16.5. The van der Waals surface area contributed by atoms with Crippen molar-refractivity contribution in [2.75, 3.05) is 0 Å². The molecule has 1 aliphatic rings. The van der Waals surface area contributed by atoms with Crippen molar-refractivity contribution in [2.45, 2.75) is 19.4 Å². The number of hydrazone groups is 1. The topological polar surface area (TPSA) is 45.6 Å². The smallest absolute Gasteiger partial charge is 0.267 e. The number of nitrogens with zero attached hydrogens (tertiary/aromatic N) is 3. The number of fused-ring (bicyclic) bond motifs is 1. The molecular formula is C24H17Cl2N3OS. The first-order valence-corrected chi connectivity index (χ1v) is 11.4. The molecule has 7 heteroatoms. The Hall–Kier alpha value is -2.73. The van der Waals surface area contributed by atoms with Gasteiger partial charge in [-0.3, -0.25) is 4.79 Å². The molecule has 4 aromatic rings. The van der Waals surface area contributed by atoms with E-state index in [9.17, 15) is 4.79 Å². The number of halogens is 2. The van der Waals surface area contributed by atoms with E-state index in [0.29, 0.717) is 22.2 Å². The van der Waals surface area contributed by atoms with Crippen LogP contribution in [0, 0.1) is 6.92 Å². The van der Waals surface area contributed by atoms with Gasteiger partial charge in [0.2, 0.25) is 0 Å². The Morgan fingerprint density at radius 1 is 1.10 bits per heavy atom. The lowest BCUT2D eigenvalue weighted by Gasteiger charge is -2.23. The normalized spacial score (nSPS) is 16.0. The lowest BCUT2D eigenvalue weighted by molar-refractivity contribution is 0.0711. The molecule has 1 aliphatic heterocycles. The molecule has 5 rings (SSSR count). The van der Waals surface area contributed by atoms with E-state index in [0.717, 1.165) is 32.6 Å². The molecule has 3 heterocycles. The van der Waals surface area contributed by atoms with Gasteiger partial charge in [0, 0.05) is 17.4 Å². The standard InChI is InChI=1S/C24H17Cl2N3OS/c1-14-8-9-15-12-17(23(26)27-19(15)11-14)21-13-20(22-7-4-10-31-22)28-29(21)24(30)16-5-2-3-6-18(16)25/h2-12,21H,13H2,1H3. The molecule has 0 saturated carbocycles. The largest absolute Gasteiger partial charge is 0.276 e. The predicted octanol–water partition coefficient (Wildman–Crippen LogP) is 6.90. The first kappa shape index (κ1) is 20.2. The average molecular weight is 466 g/mol. The molecule has 0 bridgehead atoms. The van der Waals surface area contributed by atoms with Gasteiger partial charge in [0.25, 0.3) is 5.91 Å². The maximum atomic E-state index is 13.5. The number of rotatable bonds is 3. The van der Waals surface area contributed by atoms with Crippen LogP contribution in [0.2, 0.25) is 10.2 Å². The summed E-state index contributed by atoms with van der Waals surface area (Å²) in [4.78, 5) is 19.1. The summed E-state index contributed by atoms with van der Waals surface area (Å²) in [6.07, 6.45) is 0.551. The average Bonchev–Trinajstić information content (AvgIpc) is 3.43. The summed E-state index contributed by atoms with van der Waals surface area (Å²) in [5, 5.41) is 9.95. The van der Waals surface area contributed by atoms with E-state index in [1.54, 1.807) is 35.6 Å². The summed E-state index contributed by atoms with van der Waals surface area (Å²) < 4.78 is 0. The fraction of sp³-hybridized carbons (Fsp3) is 0.125. The SMILES string of the molecule is Cc1ccc2cc(C3CC(c4cccs4)=NN3C(=O)c3ccccc3Cl)c(Cl)nc2c1. The maximum Gasteiger partial charge on any atom is 0.276 e. The van der Waals surface area contributed by atoms with Gasteiger partial charge in [0.1, 0.15) is 5.15 Å². The summed E-state index contributed by atoms with van der Waals surface area (Å²) in [5.74, 6) is -0.262. The van der Waals surface area contributed by atoms with Gasteiger partial charge in [-0.15, -0.1) is 11.3 Å². The highest BCUT2D eigenvalue weighted by molar-refractivity contribution is 7.12. The number of carbonyl (C=O) groups excluding carboxylic acids is 1. The van der Waals surface area contributed by atoms with E-state index in [1.165, 1.54) is 5.01 Å². The van der Waals surface area contributed by atoms with Crippen LogP contribution in [0.1, 0.15) is 38.8 Å². The van der Waals surface area contributed by atoms with E-state index in [2.05, 4.69) is 4.98 Å². The van der Waals surface area contributed by atoms with Crippen LogP contribution in [-0.2, 0) is 0 Å². The molecule has 0 aliphatic carbocycles. The van der Waals surface area contributed by atoms with Gasteiger partial charge < -0.3 is 0 Å². The van der Waals surface area contributed by atoms with Crippen LogP contribution in [0.3, 0.4) is 0 Å². The Bertz CT molecular complexity index is 1330. The molecule has 31 heavy (non-hydrogen) atoms. The van der Waals surface area contributed by atoms with Crippen LogP contribution < -0.4 is 0 Å². The van der Waals surface area contributed by atoms with Gasteiger partial charge in [0.15, 0.2) is 0 Å². The maximum absolute atomic E-state index is 13.5. The van der Waals surface area contributed by atoms with Crippen molar-refractivity contribution in [2.24, 2.45) is 5.10 Å². The van der Waals surface area contributed by atoms with Crippen LogP contribution in [0.4, 0.5) is 0 Å². The summed E-state index contributed by atoms with van der Waals surface area (Å²) in [7, 11) is 0. The molecule has 1 unspecified atom stereocenters. The number of aryl methyl sites for hydroxylation is 1. The zero-order chi connectivity index (χ0) is 21.5. The van der Waals surface area contributed by atoms with Crippen molar-refractivity contribution in [1.82, 2.24) is 9.99 Å². The monoisotopic (exact) mass is 465 g/mol. The third kappa shape index (κ3) is 3.74. The van der Waals surface area contributed by atoms with Crippen LogP contribution in [0.15, 0.2) is 71.1 Å². The number of amides is 1. The summed E-state index contributed by atoms with van der Waals surface area (Å²) in [6.45, 7) is 2.02. The second-order valence-electron chi connectivity index (χ2n) is 7.44.